The Bertz CT molecular complexity index is 487. The van der Waals surface area contributed by atoms with Crippen LogP contribution in [0.15, 0.2) is 24.5 Å². The number of thiophene rings is 1. The van der Waals surface area contributed by atoms with E-state index in [1.165, 1.54) is 11.2 Å². The molecule has 0 aromatic carbocycles. The second-order valence-electron chi connectivity index (χ2n) is 3.32. The molecule has 0 spiro atoms. The molecule has 0 saturated heterocycles. The fourth-order valence-electron chi connectivity index (χ4n) is 1.33. The van der Waals surface area contributed by atoms with Gasteiger partial charge in [0.15, 0.2) is 0 Å². The van der Waals surface area contributed by atoms with Crippen molar-refractivity contribution in [1.82, 2.24) is 9.97 Å². The molecule has 0 amide bonds. The minimum atomic E-state index is 0.585. The highest BCUT2D eigenvalue weighted by atomic mass is 35.5. The van der Waals surface area contributed by atoms with E-state index in [-0.39, 0.29) is 0 Å². The maximum Gasteiger partial charge on any atom is 0.145 e. The lowest BCUT2D eigenvalue weighted by Crippen LogP contribution is -2.10. The molecule has 0 aliphatic carbocycles. The number of nitrogens with one attached hydrogen (secondary N) is 2. The van der Waals surface area contributed by atoms with Gasteiger partial charge in [-0.1, -0.05) is 11.6 Å². The molecule has 0 radical (unpaired) electrons. The van der Waals surface area contributed by atoms with Crippen molar-refractivity contribution in [3.63, 3.8) is 0 Å². The fourth-order valence-corrected chi connectivity index (χ4v) is 2.42. The van der Waals surface area contributed by atoms with Gasteiger partial charge in [-0.2, -0.15) is 0 Å². The third-order valence-corrected chi connectivity index (χ3v) is 3.41. The molecule has 90 valence electrons. The molecular weight excluding hydrogens is 258 g/mol. The van der Waals surface area contributed by atoms with Crippen molar-refractivity contribution in [3.05, 3.63) is 33.7 Å². The first-order chi connectivity index (χ1) is 8.28. The Balaban J connectivity index is 1.85. The molecule has 0 unspecified atom stereocenters. The average molecular weight is 270 g/mol. The van der Waals surface area contributed by atoms with Gasteiger partial charge in [0.1, 0.15) is 18.0 Å². The van der Waals surface area contributed by atoms with E-state index < -0.39 is 0 Å². The van der Waals surface area contributed by atoms with Crippen LogP contribution in [-0.2, 0) is 6.42 Å². The van der Waals surface area contributed by atoms with Crippen molar-refractivity contribution in [2.24, 2.45) is 5.84 Å². The highest BCUT2D eigenvalue weighted by molar-refractivity contribution is 7.16. The number of hydrazine groups is 1. The van der Waals surface area contributed by atoms with E-state index in [4.69, 9.17) is 17.4 Å². The van der Waals surface area contributed by atoms with Crippen LogP contribution in [0.5, 0.6) is 0 Å². The van der Waals surface area contributed by atoms with Gasteiger partial charge in [-0.25, -0.2) is 15.8 Å². The molecule has 2 heterocycles. The summed E-state index contributed by atoms with van der Waals surface area (Å²) in [6, 6.07) is 5.69. The fraction of sp³-hybridized carbons (Fsp3) is 0.200. The van der Waals surface area contributed by atoms with Gasteiger partial charge in [0, 0.05) is 17.5 Å². The Labute approximate surface area is 108 Å². The van der Waals surface area contributed by atoms with Crippen LogP contribution in [0, 0.1) is 0 Å². The number of aromatic nitrogens is 2. The first kappa shape index (κ1) is 12.1. The second-order valence-corrected chi connectivity index (χ2v) is 5.12. The van der Waals surface area contributed by atoms with Crippen LogP contribution < -0.4 is 16.6 Å². The molecule has 0 atom stereocenters. The lowest BCUT2D eigenvalue weighted by molar-refractivity contribution is 1.02. The van der Waals surface area contributed by atoms with Gasteiger partial charge in [-0.05, 0) is 18.6 Å². The average Bonchev–Trinajstić information content (AvgIpc) is 2.75. The Kier molecular flexibility index (Phi) is 4.13. The molecule has 7 heteroatoms. The first-order valence-corrected chi connectivity index (χ1v) is 6.24. The van der Waals surface area contributed by atoms with Gasteiger partial charge in [-0.3, -0.25) is 0 Å². The van der Waals surface area contributed by atoms with Crippen LogP contribution in [-0.4, -0.2) is 16.5 Å². The Morgan fingerprint density at radius 2 is 2.12 bits per heavy atom. The van der Waals surface area contributed by atoms with E-state index in [2.05, 4.69) is 20.7 Å². The number of rotatable bonds is 5. The largest absolute Gasteiger partial charge is 0.370 e. The predicted molar refractivity (Wildman–Crippen MR) is 71.4 cm³/mol. The smallest absolute Gasteiger partial charge is 0.145 e. The molecule has 2 rings (SSSR count). The van der Waals surface area contributed by atoms with Crippen LogP contribution in [0.4, 0.5) is 11.6 Å². The molecule has 0 saturated carbocycles. The van der Waals surface area contributed by atoms with Crippen molar-refractivity contribution >= 4 is 34.6 Å². The normalized spacial score (nSPS) is 10.2. The SMILES string of the molecule is NNc1cc(NCCc2ccc(Cl)s2)ncn1. The van der Waals surface area contributed by atoms with Crippen LogP contribution >= 0.6 is 22.9 Å². The first-order valence-electron chi connectivity index (χ1n) is 5.04. The molecule has 0 bridgehead atoms. The minimum absolute atomic E-state index is 0.585. The van der Waals surface area contributed by atoms with E-state index in [9.17, 15) is 0 Å². The van der Waals surface area contributed by atoms with Gasteiger partial charge < -0.3 is 10.7 Å². The molecule has 0 aliphatic rings. The molecule has 0 fully saturated rings. The van der Waals surface area contributed by atoms with Crippen molar-refractivity contribution in [1.29, 1.82) is 0 Å². The van der Waals surface area contributed by atoms with Crippen molar-refractivity contribution in [3.8, 4) is 0 Å². The van der Waals surface area contributed by atoms with Gasteiger partial charge >= 0.3 is 0 Å². The lowest BCUT2D eigenvalue weighted by atomic mass is 10.3. The summed E-state index contributed by atoms with van der Waals surface area (Å²) >= 11 is 7.44. The van der Waals surface area contributed by atoms with Gasteiger partial charge in [0.2, 0.25) is 0 Å². The quantitative estimate of drug-likeness (QED) is 0.573. The number of hydrogen-bond acceptors (Lipinski definition) is 6. The van der Waals surface area contributed by atoms with E-state index in [1.54, 1.807) is 17.4 Å². The van der Waals surface area contributed by atoms with E-state index in [0.717, 1.165) is 23.1 Å². The number of anilines is 2. The molecule has 17 heavy (non-hydrogen) atoms. The Hall–Kier alpha value is -1.37. The number of nitrogen functional groups attached to an aromatic ring is 1. The summed E-state index contributed by atoms with van der Waals surface area (Å²) in [6.07, 6.45) is 2.37. The summed E-state index contributed by atoms with van der Waals surface area (Å²) in [6.45, 7) is 0.790. The van der Waals surface area contributed by atoms with Gasteiger partial charge in [-0.15, -0.1) is 11.3 Å². The third kappa shape index (κ3) is 3.55. The highest BCUT2D eigenvalue weighted by Gasteiger charge is 1.99. The number of nitrogens with zero attached hydrogens (tertiary/aromatic N) is 2. The summed E-state index contributed by atoms with van der Waals surface area (Å²) in [5.74, 6) is 6.59. The predicted octanol–water partition coefficient (Wildman–Crippen LogP) is 2.13. The second kappa shape index (κ2) is 5.81. The van der Waals surface area contributed by atoms with Crippen LogP contribution in [0.25, 0.3) is 0 Å². The monoisotopic (exact) mass is 269 g/mol. The zero-order valence-corrected chi connectivity index (χ0v) is 10.6. The van der Waals surface area contributed by atoms with Crippen LogP contribution in [0.1, 0.15) is 4.88 Å². The molecular formula is C10H12ClN5S. The number of nitrogens with two attached hydrogens (primary N) is 1. The summed E-state index contributed by atoms with van der Waals surface area (Å²) in [5, 5.41) is 3.19. The maximum atomic E-state index is 5.85. The van der Waals surface area contributed by atoms with Crippen LogP contribution in [0.2, 0.25) is 4.34 Å². The molecule has 0 aliphatic heterocycles. The summed E-state index contributed by atoms with van der Waals surface area (Å²) in [7, 11) is 0. The van der Waals surface area contributed by atoms with Crippen molar-refractivity contribution in [2.75, 3.05) is 17.3 Å². The Morgan fingerprint density at radius 3 is 2.82 bits per heavy atom. The molecule has 2 aromatic heterocycles. The van der Waals surface area contributed by atoms with Crippen molar-refractivity contribution in [2.45, 2.75) is 6.42 Å². The zero-order chi connectivity index (χ0) is 12.1. The topological polar surface area (TPSA) is 75.9 Å². The van der Waals surface area contributed by atoms with E-state index in [0.29, 0.717) is 5.82 Å². The molecule has 2 aromatic rings. The van der Waals surface area contributed by atoms with Gasteiger partial charge in [0.25, 0.3) is 0 Å². The maximum absolute atomic E-state index is 5.85. The standard InChI is InChI=1S/C10H12ClN5S/c11-8-2-1-7(17-8)3-4-13-9-5-10(16-12)15-6-14-9/h1-2,5-6H,3-4,12H2,(H2,13,14,15,16). The van der Waals surface area contributed by atoms with Crippen LogP contribution in [0.3, 0.4) is 0 Å². The number of hydrogen-bond donors (Lipinski definition) is 3. The minimum Gasteiger partial charge on any atom is -0.370 e. The number of halogens is 1. The summed E-state index contributed by atoms with van der Waals surface area (Å²) in [4.78, 5) is 9.25. The van der Waals surface area contributed by atoms with Gasteiger partial charge in [0.05, 0.1) is 4.34 Å². The van der Waals surface area contributed by atoms with E-state index >= 15 is 0 Å². The lowest BCUT2D eigenvalue weighted by Gasteiger charge is -2.05. The zero-order valence-electron chi connectivity index (χ0n) is 8.98. The molecule has 4 N–H and O–H groups in total. The molecule has 5 nitrogen and oxygen atoms in total. The summed E-state index contributed by atoms with van der Waals surface area (Å²) < 4.78 is 0.816. The summed E-state index contributed by atoms with van der Waals surface area (Å²) in [5.41, 5.74) is 2.47. The highest BCUT2D eigenvalue weighted by Crippen LogP contribution is 2.21. The van der Waals surface area contributed by atoms with E-state index in [1.807, 2.05) is 12.1 Å². The Morgan fingerprint density at radius 1 is 1.29 bits per heavy atom. The third-order valence-electron chi connectivity index (χ3n) is 2.12. The van der Waals surface area contributed by atoms with Crippen molar-refractivity contribution < 1.29 is 0 Å².